The van der Waals surface area contributed by atoms with Crippen LogP contribution in [-0.4, -0.2) is 5.97 Å². The number of anilines is 1. The molecule has 2 aromatic carbocycles. The van der Waals surface area contributed by atoms with Crippen molar-refractivity contribution in [1.82, 2.24) is 0 Å². The van der Waals surface area contributed by atoms with Gasteiger partial charge in [-0.1, -0.05) is 34.1 Å². The zero-order chi connectivity index (χ0) is 13.2. The first kappa shape index (κ1) is 12.2. The van der Waals surface area contributed by atoms with Crippen molar-refractivity contribution in [2.24, 2.45) is 0 Å². The van der Waals surface area contributed by atoms with Gasteiger partial charge in [-0.2, -0.15) is 0 Å². The largest absolute Gasteiger partial charge is 0.457 e. The van der Waals surface area contributed by atoms with E-state index in [1.165, 1.54) is 5.56 Å². The number of carbonyl (C=O) groups is 1. The molecule has 4 heteroatoms. The van der Waals surface area contributed by atoms with E-state index < -0.39 is 0 Å². The fourth-order valence-electron chi connectivity index (χ4n) is 2.03. The van der Waals surface area contributed by atoms with Crippen molar-refractivity contribution in [1.29, 1.82) is 0 Å². The molecule has 2 aromatic rings. The predicted octanol–water partition coefficient (Wildman–Crippen LogP) is 3.73. The van der Waals surface area contributed by atoms with Gasteiger partial charge in [0.25, 0.3) is 0 Å². The van der Waals surface area contributed by atoms with Gasteiger partial charge in [0, 0.05) is 22.3 Å². The smallest absolute Gasteiger partial charge is 0.338 e. The van der Waals surface area contributed by atoms with Crippen molar-refractivity contribution in [2.45, 2.75) is 13.2 Å². The average molecular weight is 318 g/mol. The van der Waals surface area contributed by atoms with Crippen molar-refractivity contribution in [3.05, 3.63) is 63.6 Å². The van der Waals surface area contributed by atoms with Crippen molar-refractivity contribution < 1.29 is 9.53 Å². The topological polar surface area (TPSA) is 38.3 Å². The second kappa shape index (κ2) is 5.05. The molecule has 3 rings (SSSR count). The Balaban J connectivity index is 1.72. The summed E-state index contributed by atoms with van der Waals surface area (Å²) in [5.41, 5.74) is 3.74. The highest BCUT2D eigenvalue weighted by molar-refractivity contribution is 9.10. The molecular formula is C15H12BrNO2. The number of fused-ring (bicyclic) bond motifs is 1. The van der Waals surface area contributed by atoms with Gasteiger partial charge in [0.2, 0.25) is 0 Å². The first-order valence-corrected chi connectivity index (χ1v) is 6.80. The van der Waals surface area contributed by atoms with E-state index in [1.54, 1.807) is 0 Å². The molecular weight excluding hydrogens is 306 g/mol. The molecule has 1 N–H and O–H groups in total. The second-order valence-corrected chi connectivity index (χ2v) is 5.34. The highest BCUT2D eigenvalue weighted by Crippen LogP contribution is 2.23. The minimum atomic E-state index is -0.234. The Kier molecular flexibility index (Phi) is 3.25. The summed E-state index contributed by atoms with van der Waals surface area (Å²) in [6.07, 6.45) is 0. The van der Waals surface area contributed by atoms with Gasteiger partial charge in [0.05, 0.1) is 5.56 Å². The fraction of sp³-hybridized carbons (Fsp3) is 0.133. The highest BCUT2D eigenvalue weighted by atomic mass is 79.9. The SMILES string of the molecule is O=C1OCc2ccc(NCc3ccc(Br)cc3)cc21. The maximum atomic E-state index is 11.5. The number of hydrogen-bond donors (Lipinski definition) is 1. The van der Waals surface area contributed by atoms with Crippen LogP contribution in [-0.2, 0) is 17.9 Å². The Morgan fingerprint density at radius 2 is 1.95 bits per heavy atom. The van der Waals surface area contributed by atoms with Crippen LogP contribution >= 0.6 is 15.9 Å². The number of nitrogens with one attached hydrogen (secondary N) is 1. The minimum Gasteiger partial charge on any atom is -0.457 e. The molecule has 1 aliphatic heterocycles. The van der Waals surface area contributed by atoms with Crippen LogP contribution in [0.25, 0.3) is 0 Å². The number of rotatable bonds is 3. The second-order valence-electron chi connectivity index (χ2n) is 4.43. The van der Waals surface area contributed by atoms with Crippen molar-refractivity contribution in [2.75, 3.05) is 5.32 Å². The Labute approximate surface area is 119 Å². The molecule has 96 valence electrons. The van der Waals surface area contributed by atoms with E-state index in [1.807, 2.05) is 30.3 Å². The number of cyclic esters (lactones) is 1. The van der Waals surface area contributed by atoms with Crippen molar-refractivity contribution in [3.63, 3.8) is 0 Å². The molecule has 0 aliphatic carbocycles. The van der Waals surface area contributed by atoms with Gasteiger partial charge in [-0.25, -0.2) is 4.79 Å². The van der Waals surface area contributed by atoms with Crippen LogP contribution < -0.4 is 5.32 Å². The lowest BCUT2D eigenvalue weighted by molar-refractivity contribution is 0.0535. The van der Waals surface area contributed by atoms with Gasteiger partial charge in [-0.15, -0.1) is 0 Å². The van der Waals surface area contributed by atoms with Gasteiger partial charge < -0.3 is 10.1 Å². The quantitative estimate of drug-likeness (QED) is 0.876. The summed E-state index contributed by atoms with van der Waals surface area (Å²) < 4.78 is 6.05. The Hall–Kier alpha value is -1.81. The summed E-state index contributed by atoms with van der Waals surface area (Å²) >= 11 is 3.41. The normalized spacial score (nSPS) is 13.0. The summed E-state index contributed by atoms with van der Waals surface area (Å²) in [6, 6.07) is 13.9. The van der Waals surface area contributed by atoms with Crippen LogP contribution in [0.15, 0.2) is 46.9 Å². The van der Waals surface area contributed by atoms with Gasteiger partial charge in [-0.05, 0) is 29.8 Å². The number of esters is 1. The lowest BCUT2D eigenvalue weighted by Crippen LogP contribution is -2.01. The lowest BCUT2D eigenvalue weighted by atomic mass is 10.1. The molecule has 0 aromatic heterocycles. The Morgan fingerprint density at radius 3 is 2.74 bits per heavy atom. The third kappa shape index (κ3) is 2.63. The lowest BCUT2D eigenvalue weighted by Gasteiger charge is -2.07. The summed E-state index contributed by atoms with van der Waals surface area (Å²) in [4.78, 5) is 11.5. The predicted molar refractivity (Wildman–Crippen MR) is 77.0 cm³/mol. The summed E-state index contributed by atoms with van der Waals surface area (Å²) in [7, 11) is 0. The Morgan fingerprint density at radius 1 is 1.16 bits per heavy atom. The summed E-state index contributed by atoms with van der Waals surface area (Å²) in [5, 5.41) is 3.31. The van der Waals surface area contributed by atoms with E-state index in [0.29, 0.717) is 12.2 Å². The highest BCUT2D eigenvalue weighted by Gasteiger charge is 2.20. The molecule has 0 radical (unpaired) electrons. The number of halogens is 1. The van der Waals surface area contributed by atoms with Gasteiger partial charge in [0.1, 0.15) is 6.61 Å². The molecule has 0 saturated carbocycles. The average Bonchev–Trinajstić information content (AvgIpc) is 2.80. The maximum absolute atomic E-state index is 11.5. The van der Waals surface area contributed by atoms with E-state index in [-0.39, 0.29) is 5.97 Å². The third-order valence-electron chi connectivity index (χ3n) is 3.10. The number of ether oxygens (including phenoxy) is 1. The van der Waals surface area contributed by atoms with Crippen LogP contribution in [0.2, 0.25) is 0 Å². The van der Waals surface area contributed by atoms with Crippen LogP contribution in [0, 0.1) is 0 Å². The molecule has 0 fully saturated rings. The fourth-order valence-corrected chi connectivity index (χ4v) is 2.29. The van der Waals surface area contributed by atoms with E-state index >= 15 is 0 Å². The van der Waals surface area contributed by atoms with E-state index in [0.717, 1.165) is 22.3 Å². The molecule has 0 spiro atoms. The van der Waals surface area contributed by atoms with Crippen LogP contribution in [0.5, 0.6) is 0 Å². The maximum Gasteiger partial charge on any atom is 0.338 e. The summed E-state index contributed by atoms with van der Waals surface area (Å²) in [6.45, 7) is 1.11. The van der Waals surface area contributed by atoms with Gasteiger partial charge >= 0.3 is 5.97 Å². The van der Waals surface area contributed by atoms with E-state index in [2.05, 4.69) is 33.4 Å². The standard InChI is InChI=1S/C15H12BrNO2/c16-12-4-1-10(2-5-12)8-17-13-6-3-11-9-19-15(18)14(11)7-13/h1-7,17H,8-9H2. The summed E-state index contributed by atoms with van der Waals surface area (Å²) in [5.74, 6) is -0.234. The number of hydrogen-bond acceptors (Lipinski definition) is 3. The van der Waals surface area contributed by atoms with Crippen molar-refractivity contribution in [3.8, 4) is 0 Å². The molecule has 3 nitrogen and oxygen atoms in total. The molecule has 1 aliphatic rings. The monoisotopic (exact) mass is 317 g/mol. The van der Waals surface area contributed by atoms with Gasteiger partial charge in [0.15, 0.2) is 0 Å². The number of benzene rings is 2. The first-order chi connectivity index (χ1) is 9.22. The van der Waals surface area contributed by atoms with Crippen molar-refractivity contribution >= 4 is 27.6 Å². The van der Waals surface area contributed by atoms with E-state index in [9.17, 15) is 4.79 Å². The number of carbonyl (C=O) groups excluding carboxylic acids is 1. The first-order valence-electron chi connectivity index (χ1n) is 6.01. The molecule has 0 bridgehead atoms. The van der Waals surface area contributed by atoms with E-state index in [4.69, 9.17) is 4.74 Å². The minimum absolute atomic E-state index is 0.234. The Bertz CT molecular complexity index is 623. The molecule has 19 heavy (non-hydrogen) atoms. The van der Waals surface area contributed by atoms with Crippen LogP contribution in [0.3, 0.4) is 0 Å². The third-order valence-corrected chi connectivity index (χ3v) is 3.63. The van der Waals surface area contributed by atoms with Crippen LogP contribution in [0.4, 0.5) is 5.69 Å². The van der Waals surface area contributed by atoms with Gasteiger partial charge in [-0.3, -0.25) is 0 Å². The molecule has 0 saturated heterocycles. The zero-order valence-electron chi connectivity index (χ0n) is 10.2. The molecule has 0 atom stereocenters. The van der Waals surface area contributed by atoms with Crippen LogP contribution in [0.1, 0.15) is 21.5 Å². The zero-order valence-corrected chi connectivity index (χ0v) is 11.7. The molecule has 1 heterocycles. The molecule has 0 unspecified atom stereocenters. The molecule has 0 amide bonds.